The first-order valence-corrected chi connectivity index (χ1v) is 6.07. The largest absolute Gasteiger partial charge is 0.488 e. The highest BCUT2D eigenvalue weighted by Gasteiger charge is 2.10. The first-order valence-electron chi connectivity index (χ1n) is 6.07. The number of nitrogens with zero attached hydrogens (tertiary/aromatic N) is 2. The molecule has 0 saturated heterocycles. The van der Waals surface area contributed by atoms with E-state index in [-0.39, 0.29) is 17.9 Å². The van der Waals surface area contributed by atoms with E-state index >= 15 is 0 Å². The Morgan fingerprint density at radius 3 is 2.76 bits per heavy atom. The van der Waals surface area contributed by atoms with Gasteiger partial charge in [-0.2, -0.15) is 5.26 Å². The van der Waals surface area contributed by atoms with Crippen molar-refractivity contribution in [2.24, 2.45) is 0 Å². The van der Waals surface area contributed by atoms with Crippen LogP contribution in [0.1, 0.15) is 16.7 Å². The molecule has 2 aromatic rings. The Bertz CT molecular complexity index is 738. The van der Waals surface area contributed by atoms with Gasteiger partial charge in [-0.15, -0.1) is 0 Å². The lowest BCUT2D eigenvalue weighted by Gasteiger charge is -2.09. The van der Waals surface area contributed by atoms with Crippen LogP contribution in [0.15, 0.2) is 36.4 Å². The fourth-order valence-electron chi connectivity index (χ4n) is 1.77. The maximum atomic E-state index is 13.2. The van der Waals surface area contributed by atoms with Crippen LogP contribution in [0.3, 0.4) is 0 Å². The minimum absolute atomic E-state index is 0.0626. The molecular formula is C15H11FN2O3. The lowest BCUT2D eigenvalue weighted by Crippen LogP contribution is -1.99. The molecule has 2 aromatic carbocycles. The number of hydrogen-bond donors (Lipinski definition) is 0. The Kier molecular flexibility index (Phi) is 4.14. The highest BCUT2D eigenvalue weighted by Crippen LogP contribution is 2.25. The van der Waals surface area contributed by atoms with Crippen LogP contribution in [0, 0.1) is 34.2 Å². The summed E-state index contributed by atoms with van der Waals surface area (Å²) in [7, 11) is 0. The number of rotatable bonds is 4. The van der Waals surface area contributed by atoms with E-state index in [2.05, 4.69) is 0 Å². The minimum atomic E-state index is -0.590. The van der Waals surface area contributed by atoms with Gasteiger partial charge in [-0.25, -0.2) is 4.39 Å². The van der Waals surface area contributed by atoms with Crippen LogP contribution in [0.2, 0.25) is 0 Å². The van der Waals surface area contributed by atoms with Crippen molar-refractivity contribution in [3.63, 3.8) is 0 Å². The second kappa shape index (κ2) is 6.01. The summed E-state index contributed by atoms with van der Waals surface area (Å²) >= 11 is 0. The average molecular weight is 286 g/mol. The lowest BCUT2D eigenvalue weighted by molar-refractivity contribution is -0.385. The summed E-state index contributed by atoms with van der Waals surface area (Å²) in [5.74, 6) is -0.209. The fourth-order valence-corrected chi connectivity index (χ4v) is 1.77. The molecule has 0 atom stereocenters. The maximum Gasteiger partial charge on any atom is 0.273 e. The van der Waals surface area contributed by atoms with E-state index in [9.17, 15) is 14.5 Å². The van der Waals surface area contributed by atoms with Gasteiger partial charge in [0.15, 0.2) is 0 Å². The molecular weight excluding hydrogens is 275 g/mol. The van der Waals surface area contributed by atoms with Crippen LogP contribution in [0.4, 0.5) is 10.1 Å². The van der Waals surface area contributed by atoms with Crippen LogP contribution in [0.5, 0.6) is 5.75 Å². The number of nitro benzene ring substituents is 1. The number of halogens is 1. The Hall–Kier alpha value is -2.94. The van der Waals surface area contributed by atoms with E-state index in [0.29, 0.717) is 11.3 Å². The number of benzene rings is 2. The maximum absolute atomic E-state index is 13.2. The number of aryl methyl sites for hydroxylation is 1. The summed E-state index contributed by atoms with van der Waals surface area (Å²) in [6, 6.07) is 10.2. The smallest absolute Gasteiger partial charge is 0.273 e. The monoisotopic (exact) mass is 286 g/mol. The molecule has 0 unspecified atom stereocenters. The van der Waals surface area contributed by atoms with Crippen molar-refractivity contribution in [3.05, 3.63) is 69.0 Å². The van der Waals surface area contributed by atoms with Gasteiger partial charge >= 0.3 is 0 Å². The van der Waals surface area contributed by atoms with Gasteiger partial charge in [0, 0.05) is 6.07 Å². The van der Waals surface area contributed by atoms with Gasteiger partial charge in [-0.05, 0) is 36.2 Å². The summed E-state index contributed by atoms with van der Waals surface area (Å²) < 4.78 is 18.7. The molecule has 0 aliphatic rings. The molecule has 0 bridgehead atoms. The molecule has 0 saturated carbocycles. The summed E-state index contributed by atoms with van der Waals surface area (Å²) in [6.45, 7) is 1.86. The molecule has 0 aliphatic carbocycles. The first-order chi connectivity index (χ1) is 10.0. The number of nitro groups is 1. The highest BCUT2D eigenvalue weighted by molar-refractivity contribution is 5.44. The van der Waals surface area contributed by atoms with Gasteiger partial charge in [0.25, 0.3) is 5.69 Å². The normalized spacial score (nSPS) is 9.95. The van der Waals surface area contributed by atoms with Crippen molar-refractivity contribution in [2.45, 2.75) is 13.5 Å². The van der Waals surface area contributed by atoms with Gasteiger partial charge in [0.1, 0.15) is 24.2 Å². The quantitative estimate of drug-likeness (QED) is 0.636. The second-order valence-electron chi connectivity index (χ2n) is 4.42. The van der Waals surface area contributed by atoms with Crippen molar-refractivity contribution < 1.29 is 14.1 Å². The van der Waals surface area contributed by atoms with Crippen molar-refractivity contribution in [1.82, 2.24) is 0 Å². The van der Waals surface area contributed by atoms with E-state index in [0.717, 1.165) is 5.56 Å². The molecule has 21 heavy (non-hydrogen) atoms. The Labute approximate surface area is 120 Å². The van der Waals surface area contributed by atoms with Crippen molar-refractivity contribution >= 4 is 5.69 Å². The molecule has 0 heterocycles. The zero-order valence-electron chi connectivity index (χ0n) is 11.2. The van der Waals surface area contributed by atoms with Crippen molar-refractivity contribution in [1.29, 1.82) is 5.26 Å². The molecule has 106 valence electrons. The van der Waals surface area contributed by atoms with E-state index in [4.69, 9.17) is 10.00 Å². The third-order valence-corrected chi connectivity index (χ3v) is 2.93. The Morgan fingerprint density at radius 1 is 1.33 bits per heavy atom. The topological polar surface area (TPSA) is 76.2 Å². The number of ether oxygens (including phenoxy) is 1. The second-order valence-corrected chi connectivity index (χ2v) is 4.42. The molecule has 0 aromatic heterocycles. The SMILES string of the molecule is Cc1ccc([N+](=O)[O-])cc1OCc1ccc(F)c(C#N)c1. The molecule has 0 fully saturated rings. The number of hydrogen-bond acceptors (Lipinski definition) is 4. The number of nitriles is 1. The standard InChI is InChI=1S/C15H11FN2O3/c1-10-2-4-13(18(19)20)7-15(10)21-9-11-3-5-14(16)12(6-11)8-17/h2-7H,9H2,1H3. The van der Waals surface area contributed by atoms with E-state index < -0.39 is 10.7 Å². The summed E-state index contributed by atoms with van der Waals surface area (Å²) in [5, 5.41) is 19.5. The highest BCUT2D eigenvalue weighted by atomic mass is 19.1. The molecule has 5 nitrogen and oxygen atoms in total. The number of non-ortho nitro benzene ring substituents is 1. The van der Waals surface area contributed by atoms with Crippen LogP contribution < -0.4 is 4.74 Å². The minimum Gasteiger partial charge on any atom is -0.488 e. The van der Waals surface area contributed by atoms with E-state index in [1.165, 1.54) is 30.3 Å². The fraction of sp³-hybridized carbons (Fsp3) is 0.133. The molecule has 6 heteroatoms. The van der Waals surface area contributed by atoms with Crippen LogP contribution >= 0.6 is 0 Å². The summed E-state index contributed by atoms with van der Waals surface area (Å²) in [5.41, 5.74) is 1.24. The van der Waals surface area contributed by atoms with E-state index in [1.54, 1.807) is 19.1 Å². The summed E-state index contributed by atoms with van der Waals surface area (Å²) in [4.78, 5) is 10.2. The summed E-state index contributed by atoms with van der Waals surface area (Å²) in [6.07, 6.45) is 0. The zero-order chi connectivity index (χ0) is 15.4. The van der Waals surface area contributed by atoms with Crippen LogP contribution in [-0.4, -0.2) is 4.92 Å². The van der Waals surface area contributed by atoms with Gasteiger partial charge in [0.05, 0.1) is 16.6 Å². The third kappa shape index (κ3) is 3.34. The van der Waals surface area contributed by atoms with Gasteiger partial charge in [-0.3, -0.25) is 10.1 Å². The Balaban J connectivity index is 2.18. The van der Waals surface area contributed by atoms with E-state index in [1.807, 2.05) is 0 Å². The third-order valence-electron chi connectivity index (χ3n) is 2.93. The molecule has 0 radical (unpaired) electrons. The predicted molar refractivity (Wildman–Crippen MR) is 73.3 cm³/mol. The molecule has 0 N–H and O–H groups in total. The molecule has 0 aliphatic heterocycles. The molecule has 2 rings (SSSR count). The molecule has 0 spiro atoms. The van der Waals surface area contributed by atoms with Crippen molar-refractivity contribution in [3.8, 4) is 11.8 Å². The zero-order valence-corrected chi connectivity index (χ0v) is 11.2. The first kappa shape index (κ1) is 14.5. The van der Waals surface area contributed by atoms with Crippen molar-refractivity contribution in [2.75, 3.05) is 0 Å². The van der Waals surface area contributed by atoms with Gasteiger partial charge in [-0.1, -0.05) is 6.07 Å². The molecule has 0 amide bonds. The van der Waals surface area contributed by atoms with Crippen LogP contribution in [0.25, 0.3) is 0 Å². The average Bonchev–Trinajstić information content (AvgIpc) is 2.47. The van der Waals surface area contributed by atoms with Gasteiger partial charge in [0.2, 0.25) is 0 Å². The predicted octanol–water partition coefficient (Wildman–Crippen LogP) is 3.49. The van der Waals surface area contributed by atoms with Gasteiger partial charge < -0.3 is 4.74 Å². The Morgan fingerprint density at radius 2 is 2.10 bits per heavy atom. The lowest BCUT2D eigenvalue weighted by atomic mass is 10.1. The van der Waals surface area contributed by atoms with Crippen LogP contribution in [-0.2, 0) is 6.61 Å².